The van der Waals surface area contributed by atoms with Crippen LogP contribution in [0.15, 0.2) is 63.9 Å². The van der Waals surface area contributed by atoms with Crippen LogP contribution >= 0.6 is 0 Å². The molecule has 1 aromatic carbocycles. The van der Waals surface area contributed by atoms with Gasteiger partial charge in [-0.1, -0.05) is 18.2 Å². The van der Waals surface area contributed by atoms with Crippen LogP contribution in [0, 0.1) is 12.7 Å². The van der Waals surface area contributed by atoms with Crippen molar-refractivity contribution < 1.29 is 13.6 Å². The molecule has 25 heavy (non-hydrogen) atoms. The fourth-order valence-electron chi connectivity index (χ4n) is 2.43. The maximum atomic E-state index is 13.2. The number of furan rings is 1. The fourth-order valence-corrected chi connectivity index (χ4v) is 2.43. The highest BCUT2D eigenvalue weighted by molar-refractivity contribution is 5.91. The largest absolute Gasteiger partial charge is 0.454 e. The van der Waals surface area contributed by atoms with Gasteiger partial charge in [0.1, 0.15) is 11.6 Å². The molecular formula is C19H17FN2O3. The Kier molecular flexibility index (Phi) is 4.79. The van der Waals surface area contributed by atoms with Gasteiger partial charge in [0.15, 0.2) is 5.76 Å². The Balaban J connectivity index is 1.63. The molecule has 2 aromatic heterocycles. The summed E-state index contributed by atoms with van der Waals surface area (Å²) in [6.07, 6.45) is 1.65. The topological polar surface area (TPSA) is 64.2 Å². The van der Waals surface area contributed by atoms with Crippen molar-refractivity contribution in [1.82, 2.24) is 9.88 Å². The molecule has 3 rings (SSSR count). The standard InChI is InChI=1S/C19H17FN2O3/c1-13-10-14(5-7-16(13)20)11-21-19(24)17-8-6-15(25-17)12-22-9-3-2-4-18(22)23/h2-10H,11-12H2,1H3,(H,21,24). The molecule has 6 heteroatoms. The molecule has 2 heterocycles. The summed E-state index contributed by atoms with van der Waals surface area (Å²) in [6, 6.07) is 12.8. The highest BCUT2D eigenvalue weighted by Gasteiger charge is 2.12. The van der Waals surface area contributed by atoms with Crippen LogP contribution in [0.2, 0.25) is 0 Å². The summed E-state index contributed by atoms with van der Waals surface area (Å²) in [5.74, 6) is 0.0319. The van der Waals surface area contributed by atoms with Crippen LogP contribution in [0.5, 0.6) is 0 Å². The number of aryl methyl sites for hydroxylation is 1. The molecule has 0 aliphatic heterocycles. The van der Waals surface area contributed by atoms with Crippen LogP contribution < -0.4 is 10.9 Å². The van der Waals surface area contributed by atoms with Gasteiger partial charge in [0.05, 0.1) is 6.54 Å². The summed E-state index contributed by atoms with van der Waals surface area (Å²) in [4.78, 5) is 23.8. The molecule has 0 saturated carbocycles. The lowest BCUT2D eigenvalue weighted by Gasteiger charge is -2.05. The number of halogens is 1. The second-order valence-corrected chi connectivity index (χ2v) is 5.70. The lowest BCUT2D eigenvalue weighted by molar-refractivity contribution is 0.0921. The third kappa shape index (κ3) is 4.03. The van der Waals surface area contributed by atoms with Gasteiger partial charge in [0, 0.05) is 18.8 Å². The summed E-state index contributed by atoms with van der Waals surface area (Å²) in [7, 11) is 0. The molecule has 128 valence electrons. The number of carbonyl (C=O) groups excluding carboxylic acids is 1. The van der Waals surface area contributed by atoms with Crippen molar-refractivity contribution in [2.24, 2.45) is 0 Å². The van der Waals surface area contributed by atoms with E-state index in [0.717, 1.165) is 5.56 Å². The molecule has 0 spiro atoms. The zero-order valence-corrected chi connectivity index (χ0v) is 13.7. The minimum atomic E-state index is -0.367. The van der Waals surface area contributed by atoms with Gasteiger partial charge in [-0.3, -0.25) is 9.59 Å². The van der Waals surface area contributed by atoms with Crippen molar-refractivity contribution in [3.63, 3.8) is 0 Å². The molecule has 0 aliphatic rings. The normalized spacial score (nSPS) is 10.6. The smallest absolute Gasteiger partial charge is 0.287 e. The van der Waals surface area contributed by atoms with E-state index < -0.39 is 0 Å². The molecule has 0 aliphatic carbocycles. The van der Waals surface area contributed by atoms with Gasteiger partial charge in [0.25, 0.3) is 11.5 Å². The van der Waals surface area contributed by atoms with Crippen molar-refractivity contribution in [2.45, 2.75) is 20.0 Å². The van der Waals surface area contributed by atoms with Gasteiger partial charge in [-0.05, 0) is 42.3 Å². The Bertz CT molecular complexity index is 959. The van der Waals surface area contributed by atoms with Gasteiger partial charge in [0.2, 0.25) is 0 Å². The average molecular weight is 340 g/mol. The Labute approximate surface area is 143 Å². The first-order valence-corrected chi connectivity index (χ1v) is 7.80. The summed E-state index contributed by atoms with van der Waals surface area (Å²) >= 11 is 0. The van der Waals surface area contributed by atoms with Gasteiger partial charge in [-0.2, -0.15) is 0 Å². The predicted molar refractivity (Wildman–Crippen MR) is 90.8 cm³/mol. The number of rotatable bonds is 5. The van der Waals surface area contributed by atoms with E-state index in [9.17, 15) is 14.0 Å². The van der Waals surface area contributed by atoms with Gasteiger partial charge >= 0.3 is 0 Å². The minimum absolute atomic E-state index is 0.142. The van der Waals surface area contributed by atoms with Gasteiger partial charge in [-0.15, -0.1) is 0 Å². The first-order valence-electron chi connectivity index (χ1n) is 7.80. The maximum Gasteiger partial charge on any atom is 0.287 e. The number of aromatic nitrogens is 1. The second kappa shape index (κ2) is 7.17. The number of carbonyl (C=O) groups is 1. The Morgan fingerprint density at radius 2 is 2.04 bits per heavy atom. The molecule has 3 aromatic rings. The zero-order valence-electron chi connectivity index (χ0n) is 13.7. The molecule has 0 unspecified atom stereocenters. The predicted octanol–water partition coefficient (Wildman–Crippen LogP) is 2.87. The fraction of sp³-hybridized carbons (Fsp3) is 0.158. The van der Waals surface area contributed by atoms with E-state index in [0.29, 0.717) is 11.3 Å². The van der Waals surface area contributed by atoms with E-state index in [1.54, 1.807) is 49.5 Å². The van der Waals surface area contributed by atoms with E-state index in [-0.39, 0.29) is 36.1 Å². The van der Waals surface area contributed by atoms with Crippen LogP contribution in [0.1, 0.15) is 27.4 Å². The Morgan fingerprint density at radius 1 is 1.20 bits per heavy atom. The van der Waals surface area contributed by atoms with E-state index in [4.69, 9.17) is 4.42 Å². The van der Waals surface area contributed by atoms with E-state index in [1.165, 1.54) is 16.7 Å². The SMILES string of the molecule is Cc1cc(CNC(=O)c2ccc(Cn3ccccc3=O)o2)ccc1F. The number of nitrogens with one attached hydrogen (secondary N) is 1. The molecule has 0 bridgehead atoms. The number of hydrogen-bond acceptors (Lipinski definition) is 3. The maximum absolute atomic E-state index is 13.2. The van der Waals surface area contributed by atoms with E-state index in [1.807, 2.05) is 0 Å². The molecule has 0 fully saturated rings. The Morgan fingerprint density at radius 3 is 2.80 bits per heavy atom. The van der Waals surface area contributed by atoms with Crippen molar-refractivity contribution in [2.75, 3.05) is 0 Å². The minimum Gasteiger partial charge on any atom is -0.454 e. The van der Waals surface area contributed by atoms with Crippen molar-refractivity contribution >= 4 is 5.91 Å². The number of amides is 1. The van der Waals surface area contributed by atoms with Crippen LogP contribution in [0.3, 0.4) is 0 Å². The monoisotopic (exact) mass is 340 g/mol. The average Bonchev–Trinajstić information content (AvgIpc) is 3.06. The van der Waals surface area contributed by atoms with Crippen molar-refractivity contribution in [3.05, 3.63) is 93.5 Å². The third-order valence-corrected chi connectivity index (χ3v) is 3.79. The molecular weight excluding hydrogens is 323 g/mol. The molecule has 0 atom stereocenters. The quantitative estimate of drug-likeness (QED) is 0.777. The van der Waals surface area contributed by atoms with Gasteiger partial charge in [-0.25, -0.2) is 4.39 Å². The first kappa shape index (κ1) is 16.7. The lowest BCUT2D eigenvalue weighted by atomic mass is 10.1. The summed E-state index contributed by atoms with van der Waals surface area (Å²) in [5, 5.41) is 2.73. The summed E-state index contributed by atoms with van der Waals surface area (Å²) in [5.41, 5.74) is 1.19. The number of nitrogens with zero attached hydrogens (tertiary/aromatic N) is 1. The van der Waals surface area contributed by atoms with Gasteiger partial charge < -0.3 is 14.3 Å². The number of pyridine rings is 1. The zero-order chi connectivity index (χ0) is 17.8. The van der Waals surface area contributed by atoms with E-state index >= 15 is 0 Å². The second-order valence-electron chi connectivity index (χ2n) is 5.70. The van der Waals surface area contributed by atoms with Crippen LogP contribution in [0.4, 0.5) is 4.39 Å². The first-order chi connectivity index (χ1) is 12.0. The molecule has 1 amide bonds. The van der Waals surface area contributed by atoms with Crippen LogP contribution in [0.25, 0.3) is 0 Å². The van der Waals surface area contributed by atoms with Crippen molar-refractivity contribution in [1.29, 1.82) is 0 Å². The molecule has 0 radical (unpaired) electrons. The summed E-state index contributed by atoms with van der Waals surface area (Å²) in [6.45, 7) is 2.20. The number of hydrogen-bond donors (Lipinski definition) is 1. The molecule has 1 N–H and O–H groups in total. The van der Waals surface area contributed by atoms with Crippen molar-refractivity contribution in [3.8, 4) is 0 Å². The third-order valence-electron chi connectivity index (χ3n) is 3.79. The summed E-state index contributed by atoms with van der Waals surface area (Å²) < 4.78 is 20.2. The lowest BCUT2D eigenvalue weighted by Crippen LogP contribution is -2.22. The number of benzene rings is 1. The highest BCUT2D eigenvalue weighted by atomic mass is 19.1. The highest BCUT2D eigenvalue weighted by Crippen LogP contribution is 2.11. The molecule has 0 saturated heterocycles. The van der Waals surface area contributed by atoms with Crippen LogP contribution in [-0.4, -0.2) is 10.5 Å². The molecule has 5 nitrogen and oxygen atoms in total. The Hall–Kier alpha value is -3.15. The van der Waals surface area contributed by atoms with E-state index in [2.05, 4.69) is 5.32 Å². The van der Waals surface area contributed by atoms with Crippen LogP contribution in [-0.2, 0) is 13.1 Å².